The molecule has 11 heteroatoms. The highest BCUT2D eigenvalue weighted by Crippen LogP contribution is 2.30. The van der Waals surface area contributed by atoms with Crippen LogP contribution in [0.15, 0.2) is 65.6 Å². The van der Waals surface area contributed by atoms with Crippen molar-refractivity contribution in [1.82, 2.24) is 9.21 Å². The summed E-state index contributed by atoms with van der Waals surface area (Å²) in [6.07, 6.45) is 0.458. The number of benzene rings is 3. The highest BCUT2D eigenvalue weighted by molar-refractivity contribution is 7.89. The molecule has 38 heavy (non-hydrogen) atoms. The number of nitrogens with zero attached hydrogens (tertiary/aromatic N) is 3. The molecule has 3 aromatic rings. The lowest BCUT2D eigenvalue weighted by Crippen LogP contribution is -2.39. The van der Waals surface area contributed by atoms with E-state index in [1.54, 1.807) is 0 Å². The van der Waals surface area contributed by atoms with Crippen LogP contribution >= 0.6 is 0 Å². The van der Waals surface area contributed by atoms with Crippen LogP contribution < -0.4 is 4.90 Å². The van der Waals surface area contributed by atoms with Crippen molar-refractivity contribution in [2.75, 3.05) is 31.1 Å². The summed E-state index contributed by atoms with van der Waals surface area (Å²) in [6.45, 7) is 1.80. The zero-order valence-electron chi connectivity index (χ0n) is 20.7. The summed E-state index contributed by atoms with van der Waals surface area (Å²) in [5.74, 6) is -5.42. The first-order chi connectivity index (χ1) is 18.1. The van der Waals surface area contributed by atoms with Gasteiger partial charge in [0.2, 0.25) is 15.9 Å². The number of rotatable bonds is 4. The van der Waals surface area contributed by atoms with E-state index in [1.807, 2.05) is 35.2 Å². The summed E-state index contributed by atoms with van der Waals surface area (Å²) in [7, 11) is -4.77. The topological polar surface area (TPSA) is 60.9 Å². The molecule has 0 saturated heterocycles. The van der Waals surface area contributed by atoms with Crippen molar-refractivity contribution in [3.8, 4) is 0 Å². The average molecular weight is 550 g/mol. The van der Waals surface area contributed by atoms with E-state index in [0.29, 0.717) is 19.5 Å². The molecule has 0 aromatic heterocycles. The highest BCUT2D eigenvalue weighted by atomic mass is 32.2. The van der Waals surface area contributed by atoms with Gasteiger partial charge in [-0.2, -0.15) is 4.31 Å². The van der Waals surface area contributed by atoms with E-state index in [1.165, 1.54) is 11.8 Å². The van der Waals surface area contributed by atoms with Gasteiger partial charge in [0.15, 0.2) is 16.5 Å². The number of sulfonamides is 1. The van der Waals surface area contributed by atoms with Gasteiger partial charge in [-0.1, -0.05) is 36.4 Å². The van der Waals surface area contributed by atoms with Crippen LogP contribution in [0.4, 0.5) is 23.2 Å². The molecule has 4 rings (SSSR count). The average Bonchev–Trinajstić information content (AvgIpc) is 2.89. The summed E-state index contributed by atoms with van der Waals surface area (Å²) < 4.78 is 85.9. The Morgan fingerprint density at radius 3 is 2.13 bits per heavy atom. The molecule has 1 aliphatic heterocycles. The summed E-state index contributed by atoms with van der Waals surface area (Å²) in [5.41, 5.74) is 0.964. The summed E-state index contributed by atoms with van der Waals surface area (Å²) >= 11 is 0. The molecular formula is C27H27F4N3O3S. The molecule has 0 atom stereocenters. The SMILES string of the molecule is CC(=O)N1CCCN(Cc2ccccc2)CCN(S(=O)(=O)c2c(F)cccc2F)Cc2cc(F)c(F)cc21. The highest BCUT2D eigenvalue weighted by Gasteiger charge is 2.33. The second-order valence-corrected chi connectivity index (χ2v) is 10.9. The molecular weight excluding hydrogens is 522 g/mol. The Morgan fingerprint density at radius 1 is 0.816 bits per heavy atom. The van der Waals surface area contributed by atoms with Crippen LogP contribution in [0.25, 0.3) is 0 Å². The van der Waals surface area contributed by atoms with E-state index in [0.717, 1.165) is 40.2 Å². The molecule has 0 saturated carbocycles. The molecule has 0 spiro atoms. The van der Waals surface area contributed by atoms with Gasteiger partial charge in [-0.25, -0.2) is 26.0 Å². The van der Waals surface area contributed by atoms with Crippen molar-refractivity contribution in [2.45, 2.75) is 31.3 Å². The van der Waals surface area contributed by atoms with Crippen LogP contribution in [-0.4, -0.2) is 49.7 Å². The predicted molar refractivity (Wildman–Crippen MR) is 135 cm³/mol. The summed E-state index contributed by atoms with van der Waals surface area (Å²) in [6, 6.07) is 13.8. The Morgan fingerprint density at radius 2 is 1.47 bits per heavy atom. The maximum absolute atomic E-state index is 14.6. The van der Waals surface area contributed by atoms with Crippen molar-refractivity contribution < 1.29 is 30.8 Å². The van der Waals surface area contributed by atoms with Crippen LogP contribution in [0.5, 0.6) is 0 Å². The fraction of sp³-hybridized carbons (Fsp3) is 0.296. The molecule has 0 unspecified atom stereocenters. The minimum absolute atomic E-state index is 0.00196. The smallest absolute Gasteiger partial charge is 0.249 e. The first kappa shape index (κ1) is 27.7. The van der Waals surface area contributed by atoms with Crippen LogP contribution in [0.1, 0.15) is 24.5 Å². The largest absolute Gasteiger partial charge is 0.312 e. The Bertz CT molecular complexity index is 1400. The van der Waals surface area contributed by atoms with Crippen molar-refractivity contribution in [2.24, 2.45) is 0 Å². The molecule has 0 N–H and O–H groups in total. The maximum atomic E-state index is 14.6. The molecule has 0 bridgehead atoms. The zero-order chi connectivity index (χ0) is 27.4. The summed E-state index contributed by atoms with van der Waals surface area (Å²) in [5, 5.41) is 0. The third-order valence-electron chi connectivity index (χ3n) is 6.43. The third-order valence-corrected chi connectivity index (χ3v) is 8.32. The quantitative estimate of drug-likeness (QED) is 0.443. The monoisotopic (exact) mass is 549 g/mol. The van der Waals surface area contributed by atoms with Crippen molar-refractivity contribution >= 4 is 21.6 Å². The first-order valence-corrected chi connectivity index (χ1v) is 13.5. The van der Waals surface area contributed by atoms with Crippen LogP contribution in [0.3, 0.4) is 0 Å². The number of halogens is 4. The number of hydrogen-bond acceptors (Lipinski definition) is 4. The molecule has 202 valence electrons. The van der Waals surface area contributed by atoms with E-state index in [2.05, 4.69) is 0 Å². The van der Waals surface area contributed by atoms with Gasteiger partial charge in [0, 0.05) is 52.3 Å². The van der Waals surface area contributed by atoms with Crippen molar-refractivity contribution in [3.63, 3.8) is 0 Å². The zero-order valence-corrected chi connectivity index (χ0v) is 21.5. The number of hydrogen-bond donors (Lipinski definition) is 0. The second-order valence-electron chi connectivity index (χ2n) is 9.07. The van der Waals surface area contributed by atoms with E-state index < -0.39 is 50.6 Å². The van der Waals surface area contributed by atoms with Crippen LogP contribution in [0, 0.1) is 23.3 Å². The molecule has 0 aliphatic carbocycles. The number of amides is 1. The number of carbonyl (C=O) groups excluding carboxylic acids is 1. The van der Waals surface area contributed by atoms with E-state index >= 15 is 0 Å². The van der Waals surface area contributed by atoms with Gasteiger partial charge in [-0.3, -0.25) is 9.69 Å². The van der Waals surface area contributed by atoms with Gasteiger partial charge in [0.1, 0.15) is 11.6 Å². The van der Waals surface area contributed by atoms with Gasteiger partial charge in [0.25, 0.3) is 0 Å². The van der Waals surface area contributed by atoms with Gasteiger partial charge < -0.3 is 4.90 Å². The van der Waals surface area contributed by atoms with Crippen molar-refractivity contribution in [3.05, 3.63) is 95.1 Å². The molecule has 6 nitrogen and oxygen atoms in total. The normalized spacial score (nSPS) is 16.1. The Hall–Kier alpha value is -3.28. The number of carbonyl (C=O) groups is 1. The van der Waals surface area contributed by atoms with Crippen LogP contribution in [-0.2, 0) is 27.9 Å². The van der Waals surface area contributed by atoms with Gasteiger partial charge in [-0.15, -0.1) is 0 Å². The third kappa shape index (κ3) is 6.06. The Labute approximate surface area is 219 Å². The second kappa shape index (κ2) is 11.6. The van der Waals surface area contributed by atoms with Gasteiger partial charge in [-0.05, 0) is 35.7 Å². The minimum Gasteiger partial charge on any atom is -0.312 e. The predicted octanol–water partition coefficient (Wildman–Crippen LogP) is 4.69. The van der Waals surface area contributed by atoms with E-state index in [-0.39, 0.29) is 30.9 Å². The standard InChI is InChI=1S/C27H27F4N3O3S/c1-19(35)34-12-6-11-32(17-20-7-3-2-4-8-20)13-14-33(18-21-15-24(30)25(31)16-26(21)34)38(36,37)27-22(28)9-5-10-23(27)29/h2-5,7-10,15-16H,6,11-14,17-18H2,1H3. The Kier molecular flexibility index (Phi) is 8.49. The number of anilines is 1. The minimum atomic E-state index is -4.77. The molecule has 0 fully saturated rings. The van der Waals surface area contributed by atoms with Crippen LogP contribution in [0.2, 0.25) is 0 Å². The van der Waals surface area contributed by atoms with Gasteiger partial charge in [0.05, 0.1) is 5.69 Å². The lowest BCUT2D eigenvalue weighted by molar-refractivity contribution is -0.116. The fourth-order valence-electron chi connectivity index (χ4n) is 4.55. The molecule has 3 aromatic carbocycles. The number of fused-ring (bicyclic) bond motifs is 1. The van der Waals surface area contributed by atoms with Gasteiger partial charge >= 0.3 is 0 Å². The fourth-order valence-corrected chi connectivity index (χ4v) is 6.07. The molecule has 0 radical (unpaired) electrons. The Balaban J connectivity index is 1.81. The molecule has 1 amide bonds. The lowest BCUT2D eigenvalue weighted by Gasteiger charge is -2.28. The van der Waals surface area contributed by atoms with E-state index in [4.69, 9.17) is 0 Å². The molecule has 1 heterocycles. The lowest BCUT2D eigenvalue weighted by atomic mass is 10.1. The summed E-state index contributed by atoms with van der Waals surface area (Å²) in [4.78, 5) is 14.6. The van der Waals surface area contributed by atoms with Crippen molar-refractivity contribution in [1.29, 1.82) is 0 Å². The first-order valence-electron chi connectivity index (χ1n) is 12.0. The molecule has 1 aliphatic rings. The van der Waals surface area contributed by atoms with E-state index in [9.17, 15) is 30.8 Å². The maximum Gasteiger partial charge on any atom is 0.249 e.